The lowest BCUT2D eigenvalue weighted by Gasteiger charge is -2.26. The molecule has 2 heterocycles. The molecule has 0 saturated carbocycles. The predicted octanol–water partition coefficient (Wildman–Crippen LogP) is 1.77. The van der Waals surface area contributed by atoms with E-state index in [2.05, 4.69) is 0 Å². The number of esters is 1. The van der Waals surface area contributed by atoms with Gasteiger partial charge in [-0.05, 0) is 19.4 Å². The van der Waals surface area contributed by atoms with E-state index in [0.717, 1.165) is 5.39 Å². The minimum Gasteiger partial charge on any atom is -0.450 e. The van der Waals surface area contributed by atoms with Crippen LogP contribution in [-0.4, -0.2) is 63.0 Å². The zero-order valence-corrected chi connectivity index (χ0v) is 16.7. The summed E-state index contributed by atoms with van der Waals surface area (Å²) in [5.41, 5.74) is 1.09. The van der Waals surface area contributed by atoms with Crippen molar-refractivity contribution >= 4 is 32.7 Å². The molecule has 1 atom stereocenters. The Kier molecular flexibility index (Phi) is 6.04. The Labute approximate surface area is 163 Å². The summed E-state index contributed by atoms with van der Waals surface area (Å²) < 4.78 is 39.3. The molecule has 3 rings (SSSR count). The molecular formula is C19H23NO7S. The third-order valence-electron chi connectivity index (χ3n) is 4.81. The molecule has 1 unspecified atom stereocenters. The second-order valence-corrected chi connectivity index (χ2v) is 8.88. The molecule has 0 aliphatic carbocycles. The van der Waals surface area contributed by atoms with Crippen molar-refractivity contribution < 1.29 is 31.9 Å². The molecule has 1 fully saturated rings. The van der Waals surface area contributed by atoms with Gasteiger partial charge >= 0.3 is 5.97 Å². The van der Waals surface area contributed by atoms with Crippen LogP contribution in [0.5, 0.6) is 0 Å². The van der Waals surface area contributed by atoms with Crippen LogP contribution < -0.4 is 0 Å². The number of sulfone groups is 1. The Morgan fingerprint density at radius 1 is 1.29 bits per heavy atom. The van der Waals surface area contributed by atoms with Crippen molar-refractivity contribution in [3.8, 4) is 0 Å². The van der Waals surface area contributed by atoms with E-state index < -0.39 is 28.3 Å². The molecule has 0 bridgehead atoms. The van der Waals surface area contributed by atoms with E-state index in [-0.39, 0.29) is 29.9 Å². The maximum atomic E-state index is 12.5. The molecule has 0 spiro atoms. The number of likely N-dealkylation sites (N-methyl/N-ethyl adjacent to an activating group) is 1. The number of furan rings is 1. The van der Waals surface area contributed by atoms with Gasteiger partial charge in [-0.15, -0.1) is 0 Å². The van der Waals surface area contributed by atoms with E-state index in [1.54, 1.807) is 19.1 Å². The van der Waals surface area contributed by atoms with Crippen LogP contribution in [0.15, 0.2) is 28.7 Å². The first kappa shape index (κ1) is 20.3. The smallest absolute Gasteiger partial charge is 0.375 e. The van der Waals surface area contributed by atoms with E-state index in [1.807, 2.05) is 12.1 Å². The maximum absolute atomic E-state index is 12.5. The SMILES string of the molecule is CCN(C(=O)COC(=O)c1oc2ccccc2c1COC)C1CCS(=O)(=O)C1. The van der Waals surface area contributed by atoms with Gasteiger partial charge in [0.15, 0.2) is 16.4 Å². The van der Waals surface area contributed by atoms with Gasteiger partial charge in [-0.1, -0.05) is 18.2 Å². The van der Waals surface area contributed by atoms with E-state index in [4.69, 9.17) is 13.9 Å². The normalized spacial score (nSPS) is 18.3. The van der Waals surface area contributed by atoms with Crippen molar-refractivity contribution in [2.45, 2.75) is 26.0 Å². The molecule has 9 heteroatoms. The van der Waals surface area contributed by atoms with Crippen LogP contribution in [0.25, 0.3) is 11.0 Å². The van der Waals surface area contributed by atoms with E-state index in [9.17, 15) is 18.0 Å². The molecule has 1 aliphatic rings. The molecule has 1 saturated heterocycles. The lowest BCUT2D eigenvalue weighted by molar-refractivity contribution is -0.136. The number of rotatable bonds is 7. The highest BCUT2D eigenvalue weighted by molar-refractivity contribution is 7.91. The molecule has 1 amide bonds. The summed E-state index contributed by atoms with van der Waals surface area (Å²) in [4.78, 5) is 26.5. The molecule has 1 aliphatic heterocycles. The minimum absolute atomic E-state index is 0.00217. The number of carbonyl (C=O) groups excluding carboxylic acids is 2. The predicted molar refractivity (Wildman–Crippen MR) is 102 cm³/mol. The van der Waals surface area contributed by atoms with Crippen LogP contribution in [0.2, 0.25) is 0 Å². The lowest BCUT2D eigenvalue weighted by Crippen LogP contribution is -2.43. The highest BCUT2D eigenvalue weighted by atomic mass is 32.2. The van der Waals surface area contributed by atoms with Gasteiger partial charge in [0.1, 0.15) is 5.58 Å². The summed E-state index contributed by atoms with van der Waals surface area (Å²) in [5.74, 6) is -1.17. The Morgan fingerprint density at radius 3 is 2.68 bits per heavy atom. The summed E-state index contributed by atoms with van der Waals surface area (Å²) in [7, 11) is -1.61. The van der Waals surface area contributed by atoms with Crippen molar-refractivity contribution in [3.63, 3.8) is 0 Å². The first-order valence-electron chi connectivity index (χ1n) is 9.02. The number of amides is 1. The van der Waals surface area contributed by atoms with Crippen LogP contribution in [-0.2, 0) is 30.7 Å². The fraction of sp³-hybridized carbons (Fsp3) is 0.474. The quantitative estimate of drug-likeness (QED) is 0.642. The van der Waals surface area contributed by atoms with Crippen LogP contribution >= 0.6 is 0 Å². The number of para-hydroxylation sites is 1. The zero-order valence-electron chi connectivity index (χ0n) is 15.8. The Morgan fingerprint density at radius 2 is 2.04 bits per heavy atom. The van der Waals surface area contributed by atoms with Gasteiger partial charge in [0.05, 0.1) is 18.1 Å². The average Bonchev–Trinajstić information content (AvgIpc) is 3.21. The Hall–Kier alpha value is -2.39. The standard InChI is InChI=1S/C19H23NO7S/c1-3-20(13-8-9-28(23,24)12-13)17(21)11-26-19(22)18-15(10-25-2)14-6-4-5-7-16(14)27-18/h4-7,13H,3,8-12H2,1-2H3. The molecule has 0 radical (unpaired) electrons. The summed E-state index contributed by atoms with van der Waals surface area (Å²) in [6, 6.07) is 6.78. The van der Waals surface area contributed by atoms with Gasteiger partial charge in [0.25, 0.3) is 5.91 Å². The number of fused-ring (bicyclic) bond motifs is 1. The number of hydrogen-bond acceptors (Lipinski definition) is 7. The summed E-state index contributed by atoms with van der Waals surface area (Å²) in [5, 5.41) is 0.744. The largest absolute Gasteiger partial charge is 0.450 e. The Balaban J connectivity index is 1.70. The average molecular weight is 409 g/mol. The van der Waals surface area contributed by atoms with Gasteiger partial charge in [0, 0.05) is 30.6 Å². The summed E-state index contributed by atoms with van der Waals surface area (Å²) in [6.45, 7) is 1.79. The number of ether oxygens (including phenoxy) is 2. The van der Waals surface area contributed by atoms with E-state index >= 15 is 0 Å². The van der Waals surface area contributed by atoms with Gasteiger partial charge in [-0.25, -0.2) is 13.2 Å². The number of hydrogen-bond donors (Lipinski definition) is 0. The highest BCUT2D eigenvalue weighted by Crippen LogP contribution is 2.27. The third kappa shape index (κ3) is 4.20. The van der Waals surface area contributed by atoms with Gasteiger partial charge < -0.3 is 18.8 Å². The number of methoxy groups -OCH3 is 1. The fourth-order valence-electron chi connectivity index (χ4n) is 3.49. The third-order valence-corrected chi connectivity index (χ3v) is 6.56. The molecule has 2 aromatic rings. The minimum atomic E-state index is -3.12. The second-order valence-electron chi connectivity index (χ2n) is 6.65. The molecule has 152 valence electrons. The molecule has 1 aromatic carbocycles. The molecule has 0 N–H and O–H groups in total. The monoisotopic (exact) mass is 409 g/mol. The summed E-state index contributed by atoms with van der Waals surface area (Å²) in [6.07, 6.45) is 0.400. The van der Waals surface area contributed by atoms with Crippen molar-refractivity contribution in [2.75, 3.05) is 31.8 Å². The van der Waals surface area contributed by atoms with Crippen molar-refractivity contribution in [3.05, 3.63) is 35.6 Å². The van der Waals surface area contributed by atoms with Gasteiger partial charge in [0.2, 0.25) is 5.76 Å². The fourth-order valence-corrected chi connectivity index (χ4v) is 5.22. The topological polar surface area (TPSA) is 103 Å². The van der Waals surface area contributed by atoms with Crippen molar-refractivity contribution in [1.29, 1.82) is 0 Å². The van der Waals surface area contributed by atoms with E-state index in [1.165, 1.54) is 12.0 Å². The summed E-state index contributed by atoms with van der Waals surface area (Å²) >= 11 is 0. The van der Waals surface area contributed by atoms with Gasteiger partial charge in [-0.2, -0.15) is 0 Å². The van der Waals surface area contributed by atoms with Crippen molar-refractivity contribution in [1.82, 2.24) is 4.90 Å². The number of benzene rings is 1. The maximum Gasteiger partial charge on any atom is 0.375 e. The number of carbonyl (C=O) groups is 2. The van der Waals surface area contributed by atoms with Crippen LogP contribution in [0.4, 0.5) is 0 Å². The van der Waals surface area contributed by atoms with Crippen LogP contribution in [0, 0.1) is 0 Å². The highest BCUT2D eigenvalue weighted by Gasteiger charge is 2.34. The van der Waals surface area contributed by atoms with E-state index in [0.29, 0.717) is 24.1 Å². The number of nitrogens with zero attached hydrogens (tertiary/aromatic N) is 1. The second kappa shape index (κ2) is 8.32. The lowest BCUT2D eigenvalue weighted by atomic mass is 10.1. The van der Waals surface area contributed by atoms with Crippen molar-refractivity contribution in [2.24, 2.45) is 0 Å². The molecule has 1 aromatic heterocycles. The Bertz CT molecular complexity index is 979. The van der Waals surface area contributed by atoms with Gasteiger partial charge in [-0.3, -0.25) is 4.79 Å². The molecule has 28 heavy (non-hydrogen) atoms. The van der Waals surface area contributed by atoms with Crippen LogP contribution in [0.1, 0.15) is 29.5 Å². The van der Waals surface area contributed by atoms with Crippen LogP contribution in [0.3, 0.4) is 0 Å². The zero-order chi connectivity index (χ0) is 20.3. The molecule has 8 nitrogen and oxygen atoms in total. The molecular weight excluding hydrogens is 386 g/mol. The first-order valence-corrected chi connectivity index (χ1v) is 10.8. The first-order chi connectivity index (χ1) is 13.4.